The molecule has 0 spiro atoms. The Hall–Kier alpha value is -1.84. The Kier molecular flexibility index (Phi) is 3.23. The van der Waals surface area contributed by atoms with Crippen molar-refractivity contribution in [3.63, 3.8) is 0 Å². The number of nitrogens with one attached hydrogen (secondary N) is 1. The van der Waals surface area contributed by atoms with Crippen LogP contribution < -0.4 is 0 Å². The van der Waals surface area contributed by atoms with Gasteiger partial charge in [0.25, 0.3) is 5.91 Å². The molecule has 1 fully saturated rings. The number of carbonyl (C=O) groups excluding carboxylic acids is 1. The third-order valence-corrected chi connectivity index (χ3v) is 4.05. The monoisotopic (exact) mass is 257 g/mol. The van der Waals surface area contributed by atoms with Crippen molar-refractivity contribution < 1.29 is 4.79 Å². The molecule has 0 aliphatic heterocycles. The summed E-state index contributed by atoms with van der Waals surface area (Å²) in [6.07, 6.45) is 3.82. The SMILES string of the molecule is CCN(CC1CCC1)C(=O)c1n[nH]c2ccccc12. The molecule has 19 heavy (non-hydrogen) atoms. The molecule has 0 saturated heterocycles. The van der Waals surface area contributed by atoms with E-state index < -0.39 is 0 Å². The molecule has 1 aliphatic carbocycles. The van der Waals surface area contributed by atoms with Gasteiger partial charge in [0.15, 0.2) is 5.69 Å². The lowest BCUT2D eigenvalue weighted by atomic mass is 9.85. The average Bonchev–Trinajstić information content (AvgIpc) is 2.81. The van der Waals surface area contributed by atoms with Crippen molar-refractivity contribution in [2.24, 2.45) is 5.92 Å². The predicted molar refractivity (Wildman–Crippen MR) is 75.0 cm³/mol. The van der Waals surface area contributed by atoms with Crippen molar-refractivity contribution in [1.29, 1.82) is 0 Å². The van der Waals surface area contributed by atoms with Crippen LogP contribution in [0.1, 0.15) is 36.7 Å². The highest BCUT2D eigenvalue weighted by Gasteiger charge is 2.25. The maximum absolute atomic E-state index is 12.6. The Balaban J connectivity index is 1.84. The van der Waals surface area contributed by atoms with E-state index in [4.69, 9.17) is 0 Å². The van der Waals surface area contributed by atoms with Crippen LogP contribution in [-0.4, -0.2) is 34.1 Å². The molecule has 1 saturated carbocycles. The third-order valence-electron chi connectivity index (χ3n) is 4.05. The fraction of sp³-hybridized carbons (Fsp3) is 0.467. The van der Waals surface area contributed by atoms with Gasteiger partial charge >= 0.3 is 0 Å². The number of hydrogen-bond acceptors (Lipinski definition) is 2. The Labute approximate surface area is 112 Å². The summed E-state index contributed by atoms with van der Waals surface area (Å²) in [5, 5.41) is 8.05. The van der Waals surface area contributed by atoms with Gasteiger partial charge in [0, 0.05) is 18.5 Å². The van der Waals surface area contributed by atoms with Crippen molar-refractivity contribution >= 4 is 16.8 Å². The zero-order chi connectivity index (χ0) is 13.2. The van der Waals surface area contributed by atoms with Gasteiger partial charge in [-0.15, -0.1) is 0 Å². The van der Waals surface area contributed by atoms with Crippen LogP contribution >= 0.6 is 0 Å². The highest BCUT2D eigenvalue weighted by molar-refractivity contribution is 6.04. The van der Waals surface area contributed by atoms with E-state index in [0.717, 1.165) is 24.0 Å². The van der Waals surface area contributed by atoms with Gasteiger partial charge in [-0.2, -0.15) is 5.10 Å². The number of amides is 1. The number of nitrogens with zero attached hydrogens (tertiary/aromatic N) is 2. The molecule has 1 aromatic carbocycles. The maximum atomic E-state index is 12.6. The fourth-order valence-electron chi connectivity index (χ4n) is 2.62. The van der Waals surface area contributed by atoms with E-state index in [0.29, 0.717) is 11.6 Å². The van der Waals surface area contributed by atoms with Crippen LogP contribution in [0.25, 0.3) is 10.9 Å². The van der Waals surface area contributed by atoms with Crippen LogP contribution in [0.3, 0.4) is 0 Å². The molecule has 0 bridgehead atoms. The summed E-state index contributed by atoms with van der Waals surface area (Å²) in [5.74, 6) is 0.737. The standard InChI is InChI=1S/C15H19N3O/c1-2-18(10-11-6-5-7-11)15(19)14-12-8-3-4-9-13(12)16-17-14/h3-4,8-9,11H,2,5-7,10H2,1H3,(H,16,17). The number of H-pyrrole nitrogens is 1. The largest absolute Gasteiger partial charge is 0.337 e. The summed E-state index contributed by atoms with van der Waals surface area (Å²) in [6, 6.07) is 7.78. The summed E-state index contributed by atoms with van der Waals surface area (Å²) in [6.45, 7) is 3.65. The highest BCUT2D eigenvalue weighted by Crippen LogP contribution is 2.27. The number of aromatic nitrogens is 2. The van der Waals surface area contributed by atoms with Gasteiger partial charge in [0.1, 0.15) is 0 Å². The topological polar surface area (TPSA) is 49.0 Å². The molecule has 3 rings (SSSR count). The second-order valence-corrected chi connectivity index (χ2v) is 5.26. The van der Waals surface area contributed by atoms with Crippen LogP contribution in [0.15, 0.2) is 24.3 Å². The molecular formula is C15H19N3O. The van der Waals surface area contributed by atoms with E-state index in [1.807, 2.05) is 36.1 Å². The van der Waals surface area contributed by atoms with Crippen LogP contribution in [0, 0.1) is 5.92 Å². The number of para-hydroxylation sites is 1. The Morgan fingerprint density at radius 1 is 1.42 bits per heavy atom. The number of hydrogen-bond donors (Lipinski definition) is 1. The summed E-state index contributed by atoms with van der Waals surface area (Å²) in [7, 11) is 0. The number of fused-ring (bicyclic) bond motifs is 1. The number of rotatable bonds is 4. The van der Waals surface area contributed by atoms with E-state index in [9.17, 15) is 4.79 Å². The molecule has 4 heteroatoms. The Morgan fingerprint density at radius 2 is 2.21 bits per heavy atom. The maximum Gasteiger partial charge on any atom is 0.274 e. The Bertz CT molecular complexity index is 586. The zero-order valence-electron chi connectivity index (χ0n) is 11.2. The number of aromatic amines is 1. The first-order chi connectivity index (χ1) is 9.29. The summed E-state index contributed by atoms with van der Waals surface area (Å²) < 4.78 is 0. The second-order valence-electron chi connectivity index (χ2n) is 5.26. The molecule has 0 radical (unpaired) electrons. The first kappa shape index (κ1) is 12.2. The zero-order valence-corrected chi connectivity index (χ0v) is 11.2. The van der Waals surface area contributed by atoms with Gasteiger partial charge in [0.2, 0.25) is 0 Å². The molecule has 2 aromatic rings. The normalized spacial score (nSPS) is 15.4. The van der Waals surface area contributed by atoms with E-state index >= 15 is 0 Å². The van der Waals surface area contributed by atoms with Crippen molar-refractivity contribution in [3.8, 4) is 0 Å². The Morgan fingerprint density at radius 3 is 2.89 bits per heavy atom. The molecule has 4 nitrogen and oxygen atoms in total. The van der Waals surface area contributed by atoms with Crippen LogP contribution in [-0.2, 0) is 0 Å². The van der Waals surface area contributed by atoms with Gasteiger partial charge in [0.05, 0.1) is 5.52 Å². The minimum absolute atomic E-state index is 0.0480. The summed E-state index contributed by atoms with van der Waals surface area (Å²) >= 11 is 0. The van der Waals surface area contributed by atoms with E-state index in [1.165, 1.54) is 19.3 Å². The highest BCUT2D eigenvalue weighted by atomic mass is 16.2. The average molecular weight is 257 g/mol. The van der Waals surface area contributed by atoms with Crippen molar-refractivity contribution in [3.05, 3.63) is 30.0 Å². The number of benzene rings is 1. The summed E-state index contributed by atoms with van der Waals surface area (Å²) in [5.41, 5.74) is 1.47. The second kappa shape index (κ2) is 5.03. The lowest BCUT2D eigenvalue weighted by Gasteiger charge is -2.31. The molecule has 1 N–H and O–H groups in total. The van der Waals surface area contributed by atoms with Gasteiger partial charge in [-0.3, -0.25) is 9.89 Å². The van der Waals surface area contributed by atoms with Crippen molar-refractivity contribution in [2.75, 3.05) is 13.1 Å². The van der Waals surface area contributed by atoms with Crippen molar-refractivity contribution in [2.45, 2.75) is 26.2 Å². The van der Waals surface area contributed by atoms with Gasteiger partial charge in [-0.05, 0) is 31.7 Å². The summed E-state index contributed by atoms with van der Waals surface area (Å²) in [4.78, 5) is 14.5. The van der Waals surface area contributed by atoms with Gasteiger partial charge < -0.3 is 4.90 Å². The van der Waals surface area contributed by atoms with E-state index in [-0.39, 0.29) is 5.91 Å². The van der Waals surface area contributed by atoms with Crippen LogP contribution in [0.5, 0.6) is 0 Å². The first-order valence-corrected chi connectivity index (χ1v) is 7.02. The molecule has 1 aliphatic rings. The van der Waals surface area contributed by atoms with E-state index in [1.54, 1.807) is 0 Å². The van der Waals surface area contributed by atoms with Crippen LogP contribution in [0.2, 0.25) is 0 Å². The van der Waals surface area contributed by atoms with Crippen molar-refractivity contribution in [1.82, 2.24) is 15.1 Å². The van der Waals surface area contributed by atoms with Crippen LogP contribution in [0.4, 0.5) is 0 Å². The quantitative estimate of drug-likeness (QED) is 0.915. The number of carbonyl (C=O) groups is 1. The molecule has 0 atom stereocenters. The molecule has 1 amide bonds. The lowest BCUT2D eigenvalue weighted by molar-refractivity contribution is 0.0702. The smallest absolute Gasteiger partial charge is 0.274 e. The molecule has 1 heterocycles. The fourth-order valence-corrected chi connectivity index (χ4v) is 2.62. The predicted octanol–water partition coefficient (Wildman–Crippen LogP) is 2.83. The minimum atomic E-state index is 0.0480. The first-order valence-electron chi connectivity index (χ1n) is 7.02. The van der Waals surface area contributed by atoms with E-state index in [2.05, 4.69) is 10.2 Å². The van der Waals surface area contributed by atoms with Gasteiger partial charge in [-0.1, -0.05) is 24.6 Å². The minimum Gasteiger partial charge on any atom is -0.337 e. The lowest BCUT2D eigenvalue weighted by Crippen LogP contribution is -2.37. The molecule has 100 valence electrons. The van der Waals surface area contributed by atoms with Gasteiger partial charge in [-0.25, -0.2) is 0 Å². The molecule has 0 unspecified atom stereocenters. The molecule has 1 aromatic heterocycles. The third kappa shape index (κ3) is 2.23. The molecular weight excluding hydrogens is 238 g/mol.